The Morgan fingerprint density at radius 1 is 1.36 bits per heavy atom. The number of carboxylic acid groups (broad SMARTS) is 1. The largest absolute Gasteiger partial charge is 0.481 e. The lowest BCUT2D eigenvalue weighted by Gasteiger charge is -2.13. The van der Waals surface area contributed by atoms with E-state index in [-0.39, 0.29) is 24.0 Å². The number of carbonyl (C=O) groups excluding carboxylic acids is 1. The van der Waals surface area contributed by atoms with E-state index in [1.165, 1.54) is 0 Å². The summed E-state index contributed by atoms with van der Waals surface area (Å²) in [5.74, 6) is -0.671. The van der Waals surface area contributed by atoms with Gasteiger partial charge in [-0.2, -0.15) is 0 Å². The van der Waals surface area contributed by atoms with Crippen LogP contribution in [0.25, 0.3) is 0 Å². The number of carbonyl (C=O) groups is 2. The standard InChI is InChI=1S/C18H26O4/c1-2-3-4-8-16-14(11-13-17(16)20)10-12-15(19)7-5-6-9-18(21)22/h3-4,10-16,19H,2,5-9H2,1H3,(H,21,22)/b4-3-,12-10+/t14-,15+,16-/m1/s1. The fourth-order valence-corrected chi connectivity index (χ4v) is 2.52. The molecule has 0 saturated heterocycles. The van der Waals surface area contributed by atoms with Crippen LogP contribution in [0.2, 0.25) is 0 Å². The highest BCUT2D eigenvalue weighted by Crippen LogP contribution is 2.27. The predicted octanol–water partition coefficient (Wildman–Crippen LogP) is 3.28. The van der Waals surface area contributed by atoms with Gasteiger partial charge in [0, 0.05) is 18.3 Å². The molecule has 0 aromatic carbocycles. The molecule has 1 rings (SSSR count). The van der Waals surface area contributed by atoms with Gasteiger partial charge in [-0.3, -0.25) is 9.59 Å². The van der Waals surface area contributed by atoms with Gasteiger partial charge in [-0.05, 0) is 38.2 Å². The molecule has 0 fully saturated rings. The molecular formula is C18H26O4. The van der Waals surface area contributed by atoms with E-state index in [0.717, 1.165) is 12.8 Å². The Balaban J connectivity index is 2.39. The Morgan fingerprint density at radius 3 is 2.82 bits per heavy atom. The molecule has 4 heteroatoms. The fourth-order valence-electron chi connectivity index (χ4n) is 2.52. The van der Waals surface area contributed by atoms with E-state index in [2.05, 4.69) is 13.0 Å². The van der Waals surface area contributed by atoms with Gasteiger partial charge in [-0.1, -0.05) is 37.3 Å². The molecule has 0 bridgehead atoms. The van der Waals surface area contributed by atoms with Crippen molar-refractivity contribution in [2.24, 2.45) is 11.8 Å². The van der Waals surface area contributed by atoms with Gasteiger partial charge < -0.3 is 10.2 Å². The molecule has 0 saturated carbocycles. The molecule has 0 radical (unpaired) electrons. The zero-order valence-electron chi connectivity index (χ0n) is 13.1. The number of hydrogen-bond acceptors (Lipinski definition) is 3. The Kier molecular flexibility index (Phi) is 8.44. The summed E-state index contributed by atoms with van der Waals surface area (Å²) in [4.78, 5) is 22.2. The van der Waals surface area contributed by atoms with E-state index in [9.17, 15) is 14.7 Å². The average molecular weight is 306 g/mol. The molecule has 1 aliphatic carbocycles. The third-order valence-electron chi connectivity index (χ3n) is 3.80. The second kappa shape index (κ2) is 10.1. The molecule has 1 aliphatic rings. The first-order chi connectivity index (χ1) is 10.5. The van der Waals surface area contributed by atoms with Crippen LogP contribution in [0, 0.1) is 11.8 Å². The van der Waals surface area contributed by atoms with Gasteiger partial charge in [-0.15, -0.1) is 0 Å². The van der Waals surface area contributed by atoms with Crippen LogP contribution >= 0.6 is 0 Å². The maximum atomic E-state index is 11.8. The maximum absolute atomic E-state index is 11.8. The van der Waals surface area contributed by atoms with Crippen molar-refractivity contribution in [1.82, 2.24) is 0 Å². The van der Waals surface area contributed by atoms with E-state index >= 15 is 0 Å². The molecule has 22 heavy (non-hydrogen) atoms. The summed E-state index contributed by atoms with van der Waals surface area (Å²) >= 11 is 0. The van der Waals surface area contributed by atoms with Crippen LogP contribution in [0.5, 0.6) is 0 Å². The number of hydrogen-bond donors (Lipinski definition) is 2. The van der Waals surface area contributed by atoms with Gasteiger partial charge in [0.05, 0.1) is 6.10 Å². The van der Waals surface area contributed by atoms with Gasteiger partial charge >= 0.3 is 5.97 Å². The topological polar surface area (TPSA) is 74.6 Å². The first-order valence-corrected chi connectivity index (χ1v) is 7.99. The summed E-state index contributed by atoms with van der Waals surface area (Å²) in [6.45, 7) is 2.06. The Labute approximate surface area is 132 Å². The second-order valence-electron chi connectivity index (χ2n) is 5.65. The van der Waals surface area contributed by atoms with E-state index in [1.54, 1.807) is 12.2 Å². The minimum atomic E-state index is -0.803. The molecule has 0 heterocycles. The molecule has 0 aromatic heterocycles. The average Bonchev–Trinajstić information content (AvgIpc) is 2.82. The summed E-state index contributed by atoms with van der Waals surface area (Å²) < 4.78 is 0. The molecule has 122 valence electrons. The van der Waals surface area contributed by atoms with Gasteiger partial charge in [0.25, 0.3) is 0 Å². The first kappa shape index (κ1) is 18.4. The number of ketones is 1. The SMILES string of the molecule is CC/C=C\C[C@H]1C(=O)C=C[C@H]1/C=C/[C@@H](O)CCCCC(=O)O. The van der Waals surface area contributed by atoms with E-state index in [0.29, 0.717) is 19.3 Å². The van der Waals surface area contributed by atoms with Gasteiger partial charge in [0.15, 0.2) is 5.78 Å². The molecule has 2 N–H and O–H groups in total. The van der Waals surface area contributed by atoms with E-state index in [4.69, 9.17) is 5.11 Å². The van der Waals surface area contributed by atoms with Crippen molar-refractivity contribution >= 4 is 11.8 Å². The highest BCUT2D eigenvalue weighted by atomic mass is 16.4. The minimum absolute atomic E-state index is 0.0441. The van der Waals surface area contributed by atoms with Gasteiger partial charge in [0.2, 0.25) is 0 Å². The van der Waals surface area contributed by atoms with Crippen LogP contribution in [0.15, 0.2) is 36.5 Å². The molecular weight excluding hydrogens is 280 g/mol. The lowest BCUT2D eigenvalue weighted by atomic mass is 9.90. The lowest BCUT2D eigenvalue weighted by molar-refractivity contribution is -0.137. The summed E-state index contributed by atoms with van der Waals surface area (Å²) in [7, 11) is 0. The third-order valence-corrected chi connectivity index (χ3v) is 3.80. The second-order valence-corrected chi connectivity index (χ2v) is 5.65. The number of unbranched alkanes of at least 4 members (excludes halogenated alkanes) is 1. The zero-order chi connectivity index (χ0) is 16.4. The van der Waals surface area contributed by atoms with Crippen molar-refractivity contribution in [3.63, 3.8) is 0 Å². The molecule has 0 aromatic rings. The number of rotatable bonds is 10. The maximum Gasteiger partial charge on any atom is 0.303 e. The Hall–Kier alpha value is -1.68. The monoisotopic (exact) mass is 306 g/mol. The number of carboxylic acids is 1. The number of aliphatic hydroxyl groups excluding tert-OH is 1. The summed E-state index contributed by atoms with van der Waals surface area (Å²) in [5, 5.41) is 18.4. The van der Waals surface area contributed by atoms with Crippen molar-refractivity contribution in [3.05, 3.63) is 36.5 Å². The summed E-state index contributed by atoms with van der Waals surface area (Å²) in [5.41, 5.74) is 0. The molecule has 4 nitrogen and oxygen atoms in total. The van der Waals surface area contributed by atoms with Crippen LogP contribution in [0.4, 0.5) is 0 Å². The number of allylic oxidation sites excluding steroid dienone is 5. The quantitative estimate of drug-likeness (QED) is 0.480. The molecule has 0 spiro atoms. The van der Waals surface area contributed by atoms with Crippen LogP contribution < -0.4 is 0 Å². The minimum Gasteiger partial charge on any atom is -0.481 e. The molecule has 0 unspecified atom stereocenters. The number of aliphatic hydroxyl groups is 1. The van der Waals surface area contributed by atoms with Gasteiger partial charge in [-0.25, -0.2) is 0 Å². The van der Waals surface area contributed by atoms with Crippen molar-refractivity contribution in [1.29, 1.82) is 0 Å². The molecule has 0 aliphatic heterocycles. The highest BCUT2D eigenvalue weighted by molar-refractivity contribution is 5.95. The zero-order valence-corrected chi connectivity index (χ0v) is 13.1. The molecule has 3 atom stereocenters. The van der Waals surface area contributed by atoms with Gasteiger partial charge in [0.1, 0.15) is 0 Å². The normalized spacial score (nSPS) is 22.9. The van der Waals surface area contributed by atoms with Crippen LogP contribution in [-0.2, 0) is 9.59 Å². The summed E-state index contributed by atoms with van der Waals surface area (Å²) in [6, 6.07) is 0. The van der Waals surface area contributed by atoms with Crippen molar-refractivity contribution in [2.75, 3.05) is 0 Å². The lowest BCUT2D eigenvalue weighted by Crippen LogP contribution is -2.14. The fraction of sp³-hybridized carbons (Fsp3) is 0.556. The summed E-state index contributed by atoms with van der Waals surface area (Å²) in [6.07, 6.45) is 14.3. The van der Waals surface area contributed by atoms with Crippen molar-refractivity contribution in [3.8, 4) is 0 Å². The van der Waals surface area contributed by atoms with Crippen molar-refractivity contribution in [2.45, 2.75) is 51.6 Å². The smallest absolute Gasteiger partial charge is 0.303 e. The Bertz CT molecular complexity index is 448. The van der Waals surface area contributed by atoms with Crippen LogP contribution in [0.3, 0.4) is 0 Å². The highest BCUT2D eigenvalue weighted by Gasteiger charge is 2.27. The van der Waals surface area contributed by atoms with Crippen LogP contribution in [-0.4, -0.2) is 28.1 Å². The molecule has 0 amide bonds. The predicted molar refractivity (Wildman–Crippen MR) is 86.4 cm³/mol. The van der Waals surface area contributed by atoms with Crippen molar-refractivity contribution < 1.29 is 19.8 Å². The van der Waals surface area contributed by atoms with E-state index < -0.39 is 12.1 Å². The first-order valence-electron chi connectivity index (χ1n) is 7.99. The van der Waals surface area contributed by atoms with E-state index in [1.807, 2.05) is 18.2 Å². The third kappa shape index (κ3) is 6.85. The number of aliphatic carboxylic acids is 1. The van der Waals surface area contributed by atoms with Crippen LogP contribution in [0.1, 0.15) is 45.4 Å². The Morgan fingerprint density at radius 2 is 2.14 bits per heavy atom.